The van der Waals surface area contributed by atoms with Gasteiger partial charge in [-0.25, -0.2) is 0 Å². The van der Waals surface area contributed by atoms with Crippen LogP contribution in [0.5, 0.6) is 0 Å². The third-order valence-electron chi connectivity index (χ3n) is 4.01. The minimum atomic E-state index is -0.0745. The Morgan fingerprint density at radius 3 is 2.63 bits per heavy atom. The zero-order valence-corrected chi connectivity index (χ0v) is 15.2. The van der Waals surface area contributed by atoms with E-state index in [1.807, 2.05) is 66.7 Å². The predicted octanol–water partition coefficient (Wildman–Crippen LogP) is 4.42. The van der Waals surface area contributed by atoms with Gasteiger partial charge in [0, 0.05) is 29.0 Å². The van der Waals surface area contributed by atoms with Crippen molar-refractivity contribution in [3.05, 3.63) is 79.1 Å². The van der Waals surface area contributed by atoms with Crippen molar-refractivity contribution in [1.29, 1.82) is 0 Å². The topological polar surface area (TPSA) is 67.8 Å². The van der Waals surface area contributed by atoms with Gasteiger partial charge in [-0.2, -0.15) is 0 Å². The molecule has 0 spiro atoms. The maximum Gasteiger partial charge on any atom is 0.234 e. The Balaban J connectivity index is 1.39. The van der Waals surface area contributed by atoms with Gasteiger partial charge in [0.1, 0.15) is 5.03 Å². The standard InChI is InChI=1S/C21H16N4OS/c26-20(23-19-9-3-6-15-5-1-2-8-17(15)19)14-27-21-11-10-18(24-25-21)16-7-4-12-22-13-16/h1-13H,14H2,(H,23,26). The Labute approximate surface area is 160 Å². The Morgan fingerprint density at radius 1 is 0.926 bits per heavy atom. The van der Waals surface area contributed by atoms with Crippen LogP contribution in [0.4, 0.5) is 5.69 Å². The number of nitrogens with one attached hydrogen (secondary N) is 1. The van der Waals surface area contributed by atoms with Gasteiger partial charge in [0.25, 0.3) is 0 Å². The predicted molar refractivity (Wildman–Crippen MR) is 109 cm³/mol. The molecule has 27 heavy (non-hydrogen) atoms. The van der Waals surface area contributed by atoms with E-state index in [9.17, 15) is 4.79 Å². The van der Waals surface area contributed by atoms with E-state index in [0.717, 1.165) is 27.7 Å². The lowest BCUT2D eigenvalue weighted by molar-refractivity contribution is -0.113. The molecule has 0 radical (unpaired) electrons. The lowest BCUT2D eigenvalue weighted by Crippen LogP contribution is -2.14. The van der Waals surface area contributed by atoms with Crippen molar-refractivity contribution in [3.63, 3.8) is 0 Å². The summed E-state index contributed by atoms with van der Waals surface area (Å²) in [6, 6.07) is 21.4. The van der Waals surface area contributed by atoms with E-state index in [1.165, 1.54) is 11.8 Å². The molecule has 2 heterocycles. The smallest absolute Gasteiger partial charge is 0.234 e. The highest BCUT2D eigenvalue weighted by atomic mass is 32.2. The number of amides is 1. The van der Waals surface area contributed by atoms with E-state index in [4.69, 9.17) is 0 Å². The molecule has 0 unspecified atom stereocenters. The Morgan fingerprint density at radius 2 is 1.81 bits per heavy atom. The number of fused-ring (bicyclic) bond motifs is 1. The number of aromatic nitrogens is 3. The zero-order valence-electron chi connectivity index (χ0n) is 14.4. The van der Waals surface area contributed by atoms with Crippen LogP contribution in [0, 0.1) is 0 Å². The first-order chi connectivity index (χ1) is 13.3. The summed E-state index contributed by atoms with van der Waals surface area (Å²) in [7, 11) is 0. The summed E-state index contributed by atoms with van der Waals surface area (Å²) < 4.78 is 0. The van der Waals surface area contributed by atoms with Crippen LogP contribution in [0.1, 0.15) is 0 Å². The van der Waals surface area contributed by atoms with Gasteiger partial charge in [-0.1, -0.05) is 48.2 Å². The summed E-state index contributed by atoms with van der Waals surface area (Å²) >= 11 is 1.36. The van der Waals surface area contributed by atoms with Crippen molar-refractivity contribution in [2.45, 2.75) is 5.03 Å². The first-order valence-electron chi connectivity index (χ1n) is 8.44. The molecule has 5 nitrogen and oxygen atoms in total. The van der Waals surface area contributed by atoms with Gasteiger partial charge in [0.15, 0.2) is 0 Å². The number of hydrogen-bond acceptors (Lipinski definition) is 5. The van der Waals surface area contributed by atoms with E-state index in [0.29, 0.717) is 5.03 Å². The lowest BCUT2D eigenvalue weighted by atomic mass is 10.1. The third kappa shape index (κ3) is 4.12. The van der Waals surface area contributed by atoms with E-state index < -0.39 is 0 Å². The summed E-state index contributed by atoms with van der Waals surface area (Å²) in [4.78, 5) is 16.4. The summed E-state index contributed by atoms with van der Waals surface area (Å²) in [6.07, 6.45) is 3.46. The van der Waals surface area contributed by atoms with E-state index in [1.54, 1.807) is 12.4 Å². The van der Waals surface area contributed by atoms with Crippen LogP contribution in [0.2, 0.25) is 0 Å². The van der Waals surface area contributed by atoms with Crippen molar-refractivity contribution >= 4 is 34.1 Å². The second kappa shape index (κ2) is 7.97. The Hall–Kier alpha value is -3.25. The van der Waals surface area contributed by atoms with Gasteiger partial charge in [0.05, 0.1) is 11.4 Å². The molecule has 1 amide bonds. The molecule has 0 atom stereocenters. The molecule has 0 saturated heterocycles. The van der Waals surface area contributed by atoms with Crippen LogP contribution >= 0.6 is 11.8 Å². The molecule has 4 rings (SSSR count). The molecule has 0 aliphatic rings. The van der Waals surface area contributed by atoms with Gasteiger partial charge < -0.3 is 5.32 Å². The molecule has 0 aliphatic heterocycles. The largest absolute Gasteiger partial charge is 0.325 e. The molecule has 0 bridgehead atoms. The quantitative estimate of drug-likeness (QED) is 0.525. The van der Waals surface area contributed by atoms with Crippen molar-refractivity contribution in [2.24, 2.45) is 0 Å². The van der Waals surface area contributed by atoms with Crippen LogP contribution in [-0.4, -0.2) is 26.8 Å². The molecule has 6 heteroatoms. The van der Waals surface area contributed by atoms with Crippen LogP contribution in [-0.2, 0) is 4.79 Å². The van der Waals surface area contributed by atoms with Crippen molar-refractivity contribution < 1.29 is 4.79 Å². The van der Waals surface area contributed by atoms with Gasteiger partial charge in [-0.3, -0.25) is 9.78 Å². The first-order valence-corrected chi connectivity index (χ1v) is 9.43. The highest BCUT2D eigenvalue weighted by Gasteiger charge is 2.08. The highest BCUT2D eigenvalue weighted by molar-refractivity contribution is 7.99. The summed E-state index contributed by atoms with van der Waals surface area (Å²) in [5.74, 6) is 0.193. The number of pyridine rings is 1. The van der Waals surface area contributed by atoms with Gasteiger partial charge in [-0.05, 0) is 35.7 Å². The second-order valence-electron chi connectivity index (χ2n) is 5.86. The maximum absolute atomic E-state index is 12.3. The molecule has 4 aromatic rings. The van der Waals surface area contributed by atoms with E-state index in [2.05, 4.69) is 20.5 Å². The van der Waals surface area contributed by atoms with Crippen LogP contribution in [0.15, 0.2) is 84.1 Å². The van der Waals surface area contributed by atoms with Crippen molar-refractivity contribution in [3.8, 4) is 11.3 Å². The molecular weight excluding hydrogens is 356 g/mol. The van der Waals surface area contributed by atoms with Crippen LogP contribution in [0.3, 0.4) is 0 Å². The fourth-order valence-corrected chi connectivity index (χ4v) is 3.34. The van der Waals surface area contributed by atoms with E-state index >= 15 is 0 Å². The number of hydrogen-bond donors (Lipinski definition) is 1. The molecule has 1 N–H and O–H groups in total. The summed E-state index contributed by atoms with van der Waals surface area (Å²) in [5.41, 5.74) is 2.49. The zero-order chi connectivity index (χ0) is 18.5. The number of anilines is 1. The summed E-state index contributed by atoms with van der Waals surface area (Å²) in [5, 5.41) is 14.2. The third-order valence-corrected chi connectivity index (χ3v) is 4.93. The highest BCUT2D eigenvalue weighted by Crippen LogP contribution is 2.24. The second-order valence-corrected chi connectivity index (χ2v) is 6.86. The van der Waals surface area contributed by atoms with Crippen molar-refractivity contribution in [2.75, 3.05) is 11.1 Å². The van der Waals surface area contributed by atoms with Gasteiger partial charge in [0.2, 0.25) is 5.91 Å². The normalized spacial score (nSPS) is 10.7. The molecule has 0 saturated carbocycles. The lowest BCUT2D eigenvalue weighted by Gasteiger charge is -2.08. The fraction of sp³-hybridized carbons (Fsp3) is 0.0476. The number of carbonyl (C=O) groups is 1. The Kier molecular flexibility index (Phi) is 5.07. The van der Waals surface area contributed by atoms with Crippen LogP contribution in [0.25, 0.3) is 22.0 Å². The molecule has 132 valence electrons. The SMILES string of the molecule is O=C(CSc1ccc(-c2cccnc2)nn1)Nc1cccc2ccccc12. The first kappa shape index (κ1) is 17.2. The molecular formula is C21H16N4OS. The number of thioether (sulfide) groups is 1. The number of benzene rings is 2. The molecule has 0 aliphatic carbocycles. The maximum atomic E-state index is 12.3. The molecule has 0 fully saturated rings. The minimum absolute atomic E-state index is 0.0745. The Bertz CT molecular complexity index is 1060. The van der Waals surface area contributed by atoms with Gasteiger partial charge >= 0.3 is 0 Å². The van der Waals surface area contributed by atoms with Crippen LogP contribution < -0.4 is 5.32 Å². The van der Waals surface area contributed by atoms with E-state index in [-0.39, 0.29) is 11.7 Å². The molecule has 2 aromatic heterocycles. The summed E-state index contributed by atoms with van der Waals surface area (Å²) in [6.45, 7) is 0. The van der Waals surface area contributed by atoms with Crippen molar-refractivity contribution in [1.82, 2.24) is 15.2 Å². The minimum Gasteiger partial charge on any atom is -0.325 e. The fourth-order valence-electron chi connectivity index (χ4n) is 2.73. The number of rotatable bonds is 5. The van der Waals surface area contributed by atoms with Gasteiger partial charge in [-0.15, -0.1) is 10.2 Å². The number of nitrogens with zero attached hydrogens (tertiary/aromatic N) is 3. The average Bonchev–Trinajstić information content (AvgIpc) is 2.74. The monoisotopic (exact) mass is 372 g/mol. The number of carbonyl (C=O) groups excluding carboxylic acids is 1. The average molecular weight is 372 g/mol. The molecule has 2 aromatic carbocycles.